The van der Waals surface area contributed by atoms with E-state index in [4.69, 9.17) is 18.9 Å². The van der Waals surface area contributed by atoms with Crippen molar-refractivity contribution in [1.82, 2.24) is 20.6 Å². The lowest BCUT2D eigenvalue weighted by atomic mass is 9.84. The quantitative estimate of drug-likeness (QED) is 0.0727. The number of carbonyl (C=O) groups is 2. The summed E-state index contributed by atoms with van der Waals surface area (Å²) >= 11 is 7.19. The molecule has 0 aliphatic rings. The van der Waals surface area contributed by atoms with Crippen LogP contribution in [0.15, 0.2) is 57.5 Å². The minimum atomic E-state index is -1.08. The number of nitrogens with one attached hydrogen (secondary N) is 2. The highest BCUT2D eigenvalue weighted by Gasteiger charge is 2.32. The van der Waals surface area contributed by atoms with Crippen molar-refractivity contribution >= 4 is 43.6 Å². The largest absolute Gasteiger partial charge is 0.481 e. The number of nitrogens with zero attached hydrogens (tertiary/aromatic N) is 2. The van der Waals surface area contributed by atoms with Crippen molar-refractivity contribution in [1.29, 1.82) is 0 Å². The molecule has 2 heterocycles. The predicted octanol–water partition coefficient (Wildman–Crippen LogP) is 6.96. The molecule has 2 atom stereocenters. The van der Waals surface area contributed by atoms with Crippen LogP contribution in [-0.4, -0.2) is 71.9 Å². The van der Waals surface area contributed by atoms with Gasteiger partial charge in [0.25, 0.3) is 0 Å². The molecule has 1 amide bonds. The zero-order chi connectivity index (χ0) is 41.2. The highest BCUT2D eigenvalue weighted by atomic mass is 79.9. The third-order valence-electron chi connectivity index (χ3n) is 10.3. The number of amides is 1. The number of Topliss-reactive ketones (excluding diaryl/α,β-unsaturated/α-hetero) is 1. The van der Waals surface area contributed by atoms with Gasteiger partial charge < -0.3 is 34.5 Å². The predicted molar refractivity (Wildman–Crippen MR) is 222 cm³/mol. The number of hydrogen-bond donors (Lipinski definition) is 4. The number of halogens is 2. The number of carbonyl (C=O) groups excluding carboxylic acids is 2. The Labute approximate surface area is 346 Å². The molecule has 0 radical (unpaired) electrons. The van der Waals surface area contributed by atoms with Gasteiger partial charge in [-0.1, -0.05) is 43.3 Å². The van der Waals surface area contributed by atoms with E-state index < -0.39 is 11.0 Å². The van der Waals surface area contributed by atoms with E-state index in [2.05, 4.69) is 78.4 Å². The molecule has 0 bridgehead atoms. The summed E-state index contributed by atoms with van der Waals surface area (Å²) in [5.41, 5.74) is 5.66. The number of benzene rings is 2. The first-order valence-electron chi connectivity index (χ1n) is 18.3. The fraction of sp³-hybridized carbons (Fsp3) is 0.429. The van der Waals surface area contributed by atoms with Gasteiger partial charge in [-0.2, -0.15) is 9.97 Å². The van der Waals surface area contributed by atoms with Crippen molar-refractivity contribution in [2.75, 3.05) is 34.5 Å². The van der Waals surface area contributed by atoms with Crippen molar-refractivity contribution in [2.24, 2.45) is 5.41 Å². The molecule has 302 valence electrons. The Hall–Kier alpha value is -4.08. The molecule has 12 nitrogen and oxygen atoms in total. The first-order valence-corrected chi connectivity index (χ1v) is 19.9. The fourth-order valence-electron chi connectivity index (χ4n) is 6.30. The highest BCUT2D eigenvalue weighted by Crippen LogP contribution is 2.36. The zero-order valence-corrected chi connectivity index (χ0v) is 36.4. The Bertz CT molecular complexity index is 1890. The number of aliphatic hydroxyl groups is 2. The number of pyridine rings is 2. The maximum Gasteiger partial charge on any atom is 0.231 e. The second kappa shape index (κ2) is 19.9. The number of hydrogen-bond acceptors (Lipinski definition) is 11. The lowest BCUT2D eigenvalue weighted by Crippen LogP contribution is -2.51. The minimum absolute atomic E-state index is 0.0894. The lowest BCUT2D eigenvalue weighted by molar-refractivity contribution is -0.132. The van der Waals surface area contributed by atoms with Gasteiger partial charge in [0.05, 0.1) is 47.3 Å². The molecule has 0 unspecified atom stereocenters. The molecule has 2 aromatic heterocycles. The van der Waals surface area contributed by atoms with Gasteiger partial charge in [-0.3, -0.25) is 14.9 Å². The van der Waals surface area contributed by atoms with E-state index in [9.17, 15) is 19.8 Å². The molecule has 0 saturated heterocycles. The average molecular weight is 901 g/mol. The molecule has 0 spiro atoms. The van der Waals surface area contributed by atoms with Gasteiger partial charge in [0, 0.05) is 31.1 Å². The van der Waals surface area contributed by atoms with Crippen LogP contribution in [0.3, 0.4) is 0 Å². The van der Waals surface area contributed by atoms with E-state index in [1.807, 2.05) is 36.4 Å². The van der Waals surface area contributed by atoms with Gasteiger partial charge in [0.2, 0.25) is 29.4 Å². The summed E-state index contributed by atoms with van der Waals surface area (Å²) in [7, 11) is 4.62. The third-order valence-corrected chi connectivity index (χ3v) is 11.4. The van der Waals surface area contributed by atoms with E-state index in [1.54, 1.807) is 27.8 Å². The number of rotatable bonds is 20. The molecule has 4 rings (SSSR count). The summed E-state index contributed by atoms with van der Waals surface area (Å²) < 4.78 is 24.9. The highest BCUT2D eigenvalue weighted by molar-refractivity contribution is 9.10. The van der Waals surface area contributed by atoms with Crippen molar-refractivity contribution in [3.63, 3.8) is 0 Å². The Morgan fingerprint density at radius 1 is 0.768 bits per heavy atom. The molecule has 14 heteroatoms. The monoisotopic (exact) mass is 898 g/mol. The van der Waals surface area contributed by atoms with Crippen LogP contribution in [0.2, 0.25) is 0 Å². The first-order chi connectivity index (χ1) is 26.7. The van der Waals surface area contributed by atoms with Crippen LogP contribution in [-0.2, 0) is 35.8 Å². The molecular weight excluding hydrogens is 848 g/mol. The summed E-state index contributed by atoms with van der Waals surface area (Å²) in [4.78, 5) is 34.0. The SMILES string of the molecule is CCC(=O)[C@](C)(CO)NCc1cc(Br)c(OCc2cccc(-c3cccc(COc4nc(OC)c(CC[C@@](C)(CO)C(=O)NC)cc4Br)c3C)c2C)nc1OC. The van der Waals surface area contributed by atoms with Gasteiger partial charge >= 0.3 is 0 Å². The molecule has 56 heavy (non-hydrogen) atoms. The fourth-order valence-corrected chi connectivity index (χ4v) is 7.26. The number of ketones is 1. The number of ether oxygens (including phenoxy) is 4. The molecule has 0 saturated carbocycles. The Morgan fingerprint density at radius 2 is 1.27 bits per heavy atom. The molecule has 4 aromatic rings. The summed E-state index contributed by atoms with van der Waals surface area (Å²) in [6.07, 6.45) is 1.16. The second-order valence-electron chi connectivity index (χ2n) is 14.1. The van der Waals surface area contributed by atoms with E-state index in [1.165, 1.54) is 14.2 Å². The summed E-state index contributed by atoms with van der Waals surface area (Å²) in [6.45, 7) is 9.47. The topological polar surface area (TPSA) is 161 Å². The van der Waals surface area contributed by atoms with Gasteiger partial charge in [0.1, 0.15) is 13.2 Å². The van der Waals surface area contributed by atoms with Crippen LogP contribution in [0, 0.1) is 19.3 Å². The smallest absolute Gasteiger partial charge is 0.231 e. The average Bonchev–Trinajstić information content (AvgIpc) is 3.21. The normalized spacial score (nSPS) is 13.4. The molecular formula is C42H52Br2N4O8. The second-order valence-corrected chi connectivity index (χ2v) is 15.8. The van der Waals surface area contributed by atoms with E-state index in [0.29, 0.717) is 57.3 Å². The van der Waals surface area contributed by atoms with Crippen molar-refractivity contribution in [3.05, 3.63) is 90.9 Å². The summed E-state index contributed by atoms with van der Waals surface area (Å²) in [6, 6.07) is 15.9. The van der Waals surface area contributed by atoms with Crippen molar-refractivity contribution in [3.8, 4) is 34.6 Å². The van der Waals surface area contributed by atoms with Gasteiger partial charge in [-0.05, 0) is 118 Å². The minimum Gasteiger partial charge on any atom is -0.481 e. The molecule has 0 fully saturated rings. The van der Waals surface area contributed by atoms with Gasteiger partial charge in [-0.25, -0.2) is 0 Å². The standard InChI is InChI=1S/C42H52Br2N4O8/c1-9-35(51)42(5,24-50)46-20-30-19-34(44)39(48-37(30)54-8)56-22-29-13-11-15-32(26(29)3)31-14-10-12-28(25(31)2)21-55-38-33(43)18-27(36(47-38)53-7)16-17-41(4,23-49)40(52)45-6/h10-15,18-19,46,49-50H,9,16-17,20-24H2,1-8H3,(H,45,52)/t41-,42-/m0/s1. The van der Waals surface area contributed by atoms with Crippen LogP contribution in [0.25, 0.3) is 11.1 Å². The van der Waals surface area contributed by atoms with Crippen LogP contribution >= 0.6 is 31.9 Å². The van der Waals surface area contributed by atoms with Gasteiger partial charge in [0.15, 0.2) is 5.78 Å². The zero-order valence-electron chi connectivity index (χ0n) is 33.3. The number of methoxy groups -OCH3 is 2. The van der Waals surface area contributed by atoms with Crippen molar-refractivity contribution < 1.29 is 38.7 Å². The van der Waals surface area contributed by atoms with Crippen LogP contribution in [0.4, 0.5) is 0 Å². The maximum atomic E-state index is 12.4. The first kappa shape index (κ1) is 44.6. The summed E-state index contributed by atoms with van der Waals surface area (Å²) in [5, 5.41) is 25.6. The molecule has 2 aromatic carbocycles. The number of aliphatic hydroxyl groups excluding tert-OH is 2. The molecule has 4 N–H and O–H groups in total. The van der Waals surface area contributed by atoms with Crippen LogP contribution in [0.5, 0.6) is 23.5 Å². The summed E-state index contributed by atoms with van der Waals surface area (Å²) in [5.74, 6) is 1.15. The van der Waals surface area contributed by atoms with Gasteiger partial charge in [-0.15, -0.1) is 0 Å². The van der Waals surface area contributed by atoms with Crippen molar-refractivity contribution in [2.45, 2.75) is 79.2 Å². The van der Waals surface area contributed by atoms with E-state index in [0.717, 1.165) is 38.9 Å². The molecule has 0 aliphatic carbocycles. The van der Waals surface area contributed by atoms with E-state index >= 15 is 0 Å². The van der Waals surface area contributed by atoms with Crippen LogP contribution in [0.1, 0.15) is 67.0 Å². The van der Waals surface area contributed by atoms with E-state index in [-0.39, 0.29) is 44.7 Å². The Morgan fingerprint density at radius 3 is 1.71 bits per heavy atom. The Kier molecular flexibility index (Phi) is 15.8. The van der Waals surface area contributed by atoms with Crippen LogP contribution < -0.4 is 29.6 Å². The number of aryl methyl sites for hydroxylation is 1. The Balaban J connectivity index is 1.49. The number of aromatic nitrogens is 2. The lowest BCUT2D eigenvalue weighted by Gasteiger charge is -2.27. The third kappa shape index (κ3) is 10.3. The molecule has 0 aliphatic heterocycles. The maximum absolute atomic E-state index is 12.4.